The van der Waals surface area contributed by atoms with Crippen LogP contribution >= 0.6 is 0 Å². The Kier molecular flexibility index (Phi) is 3.05. The molecule has 0 saturated heterocycles. The Morgan fingerprint density at radius 2 is 2.25 bits per heavy atom. The number of ether oxygens (including phenoxy) is 1. The van der Waals surface area contributed by atoms with Crippen molar-refractivity contribution in [3.63, 3.8) is 0 Å². The van der Waals surface area contributed by atoms with Crippen LogP contribution in [0.1, 0.15) is 18.4 Å². The molecule has 1 aromatic carbocycles. The lowest BCUT2D eigenvalue weighted by molar-refractivity contribution is -0.384. The van der Waals surface area contributed by atoms with Crippen LogP contribution in [0.15, 0.2) is 18.2 Å². The largest absolute Gasteiger partial charge is 0.393 e. The van der Waals surface area contributed by atoms with Gasteiger partial charge in [-0.05, 0) is 18.8 Å². The highest BCUT2D eigenvalue weighted by Crippen LogP contribution is 2.30. The predicted octanol–water partition coefficient (Wildman–Crippen LogP) is 2.10. The van der Waals surface area contributed by atoms with Crippen LogP contribution in [0.4, 0.5) is 11.4 Å². The van der Waals surface area contributed by atoms with Gasteiger partial charge < -0.3 is 10.5 Å². The van der Waals surface area contributed by atoms with Crippen molar-refractivity contribution < 1.29 is 9.66 Å². The number of benzene rings is 1. The summed E-state index contributed by atoms with van der Waals surface area (Å²) in [4.78, 5) is 10.2. The van der Waals surface area contributed by atoms with Gasteiger partial charge in [0, 0.05) is 18.2 Å². The zero-order chi connectivity index (χ0) is 11.5. The molecule has 5 heteroatoms. The number of para-hydroxylation sites is 1. The lowest BCUT2D eigenvalue weighted by atomic mass is 10.1. The van der Waals surface area contributed by atoms with E-state index in [4.69, 9.17) is 10.5 Å². The van der Waals surface area contributed by atoms with E-state index in [0.29, 0.717) is 18.1 Å². The van der Waals surface area contributed by atoms with Crippen LogP contribution in [-0.4, -0.2) is 11.5 Å². The van der Waals surface area contributed by atoms with Gasteiger partial charge in [-0.2, -0.15) is 0 Å². The minimum absolute atomic E-state index is 0.0486. The van der Waals surface area contributed by atoms with Crippen molar-refractivity contribution in [3.8, 4) is 0 Å². The Labute approximate surface area is 93.4 Å². The summed E-state index contributed by atoms with van der Waals surface area (Å²) in [5.41, 5.74) is 6.55. The molecule has 0 atom stereocenters. The number of nitrogen functional groups attached to an aromatic ring is 1. The molecule has 0 heterocycles. The lowest BCUT2D eigenvalue weighted by Gasteiger charge is -2.06. The maximum Gasteiger partial charge on any atom is 0.292 e. The Bertz CT molecular complexity index is 402. The predicted molar refractivity (Wildman–Crippen MR) is 59.9 cm³/mol. The molecule has 1 aliphatic carbocycles. The summed E-state index contributed by atoms with van der Waals surface area (Å²) < 4.78 is 5.46. The second-order valence-corrected chi connectivity index (χ2v) is 4.07. The highest BCUT2D eigenvalue weighted by molar-refractivity contribution is 5.62. The van der Waals surface area contributed by atoms with E-state index in [9.17, 15) is 10.1 Å². The second kappa shape index (κ2) is 4.49. The summed E-state index contributed by atoms with van der Waals surface area (Å²) in [6, 6.07) is 4.79. The molecule has 0 aliphatic heterocycles. The van der Waals surface area contributed by atoms with Gasteiger partial charge in [-0.25, -0.2) is 0 Å². The molecule has 1 saturated carbocycles. The fourth-order valence-electron chi connectivity index (χ4n) is 1.50. The van der Waals surface area contributed by atoms with Crippen LogP contribution in [0.25, 0.3) is 0 Å². The monoisotopic (exact) mass is 222 g/mol. The summed E-state index contributed by atoms with van der Waals surface area (Å²) >= 11 is 0. The zero-order valence-electron chi connectivity index (χ0n) is 8.89. The number of nitrogens with zero attached hydrogens (tertiary/aromatic N) is 1. The standard InChI is InChI=1S/C11H14N2O3/c12-11-9(7-16-6-8-4-5-8)2-1-3-10(11)13(14)15/h1-3,8H,4-7,12H2. The number of hydrogen-bond donors (Lipinski definition) is 1. The van der Waals surface area contributed by atoms with Gasteiger partial charge in [-0.1, -0.05) is 12.1 Å². The highest BCUT2D eigenvalue weighted by atomic mass is 16.6. The van der Waals surface area contributed by atoms with E-state index < -0.39 is 4.92 Å². The van der Waals surface area contributed by atoms with Crippen LogP contribution in [0, 0.1) is 16.0 Å². The van der Waals surface area contributed by atoms with E-state index in [2.05, 4.69) is 0 Å². The van der Waals surface area contributed by atoms with Gasteiger partial charge >= 0.3 is 0 Å². The van der Waals surface area contributed by atoms with Gasteiger partial charge in [0.25, 0.3) is 5.69 Å². The minimum Gasteiger partial charge on any atom is -0.393 e. The molecule has 16 heavy (non-hydrogen) atoms. The number of hydrogen-bond acceptors (Lipinski definition) is 4. The average Bonchev–Trinajstić information content (AvgIpc) is 3.04. The molecule has 0 radical (unpaired) electrons. The second-order valence-electron chi connectivity index (χ2n) is 4.07. The number of nitro benzene ring substituents is 1. The first-order valence-electron chi connectivity index (χ1n) is 5.28. The molecule has 2 rings (SSSR count). The molecule has 0 unspecified atom stereocenters. The maximum atomic E-state index is 10.7. The number of nitro groups is 1. The average molecular weight is 222 g/mol. The first kappa shape index (κ1) is 10.9. The molecule has 0 aromatic heterocycles. The van der Waals surface area contributed by atoms with Crippen LogP contribution in [0.2, 0.25) is 0 Å². The Hall–Kier alpha value is -1.62. The Balaban J connectivity index is 2.01. The normalized spacial score (nSPS) is 15.0. The third kappa shape index (κ3) is 2.49. The van der Waals surface area contributed by atoms with E-state index in [1.807, 2.05) is 0 Å². The summed E-state index contributed by atoms with van der Waals surface area (Å²) in [5, 5.41) is 10.7. The van der Waals surface area contributed by atoms with E-state index in [1.54, 1.807) is 12.1 Å². The molecule has 0 spiro atoms. The van der Waals surface area contributed by atoms with Crippen LogP contribution in [0.3, 0.4) is 0 Å². The number of anilines is 1. The summed E-state index contributed by atoms with van der Waals surface area (Å²) in [6.07, 6.45) is 2.45. The van der Waals surface area contributed by atoms with E-state index in [0.717, 1.165) is 6.61 Å². The van der Waals surface area contributed by atoms with Crippen molar-refractivity contribution in [2.45, 2.75) is 19.4 Å². The van der Waals surface area contributed by atoms with Gasteiger partial charge in [0.15, 0.2) is 0 Å². The Morgan fingerprint density at radius 3 is 2.88 bits per heavy atom. The Morgan fingerprint density at radius 1 is 1.50 bits per heavy atom. The third-order valence-electron chi connectivity index (χ3n) is 2.68. The number of rotatable bonds is 5. The van der Waals surface area contributed by atoms with Gasteiger partial charge in [0.1, 0.15) is 5.69 Å². The van der Waals surface area contributed by atoms with E-state index >= 15 is 0 Å². The van der Waals surface area contributed by atoms with Crippen LogP contribution in [-0.2, 0) is 11.3 Å². The van der Waals surface area contributed by atoms with E-state index in [-0.39, 0.29) is 11.4 Å². The van der Waals surface area contributed by atoms with Crippen molar-refractivity contribution in [2.24, 2.45) is 5.92 Å². The topological polar surface area (TPSA) is 78.4 Å². The van der Waals surface area contributed by atoms with Crippen molar-refractivity contribution in [1.82, 2.24) is 0 Å². The summed E-state index contributed by atoms with van der Waals surface area (Å²) in [5.74, 6) is 0.680. The summed E-state index contributed by atoms with van der Waals surface area (Å²) in [6.45, 7) is 1.08. The van der Waals surface area contributed by atoms with Crippen molar-refractivity contribution in [2.75, 3.05) is 12.3 Å². The zero-order valence-corrected chi connectivity index (χ0v) is 8.89. The summed E-state index contributed by atoms with van der Waals surface area (Å²) in [7, 11) is 0. The van der Waals surface area contributed by atoms with Crippen LogP contribution < -0.4 is 5.73 Å². The minimum atomic E-state index is -0.472. The molecular weight excluding hydrogens is 208 g/mol. The highest BCUT2D eigenvalue weighted by Gasteiger charge is 2.21. The molecule has 5 nitrogen and oxygen atoms in total. The first-order chi connectivity index (χ1) is 7.68. The molecule has 1 fully saturated rings. The molecule has 0 bridgehead atoms. The maximum absolute atomic E-state index is 10.7. The van der Waals surface area contributed by atoms with Crippen molar-refractivity contribution in [3.05, 3.63) is 33.9 Å². The van der Waals surface area contributed by atoms with Gasteiger partial charge in [0.2, 0.25) is 0 Å². The van der Waals surface area contributed by atoms with Crippen LogP contribution in [0.5, 0.6) is 0 Å². The van der Waals surface area contributed by atoms with E-state index in [1.165, 1.54) is 18.9 Å². The fraction of sp³-hybridized carbons (Fsp3) is 0.455. The molecule has 0 amide bonds. The molecular formula is C11H14N2O3. The van der Waals surface area contributed by atoms with Gasteiger partial charge in [0.05, 0.1) is 11.5 Å². The SMILES string of the molecule is Nc1c(COCC2CC2)cccc1[N+](=O)[O-]. The van der Waals surface area contributed by atoms with Gasteiger partial charge in [-0.15, -0.1) is 0 Å². The molecule has 1 aromatic rings. The first-order valence-corrected chi connectivity index (χ1v) is 5.28. The molecule has 86 valence electrons. The number of nitrogens with two attached hydrogens (primary N) is 1. The lowest BCUT2D eigenvalue weighted by Crippen LogP contribution is -2.03. The smallest absolute Gasteiger partial charge is 0.292 e. The molecule has 1 aliphatic rings. The quantitative estimate of drug-likeness (QED) is 0.470. The van der Waals surface area contributed by atoms with Gasteiger partial charge in [-0.3, -0.25) is 10.1 Å². The van der Waals surface area contributed by atoms with Crippen molar-refractivity contribution >= 4 is 11.4 Å². The molecule has 2 N–H and O–H groups in total. The third-order valence-corrected chi connectivity index (χ3v) is 2.68. The fourth-order valence-corrected chi connectivity index (χ4v) is 1.50. The van der Waals surface area contributed by atoms with Crippen molar-refractivity contribution in [1.29, 1.82) is 0 Å².